The fourth-order valence-corrected chi connectivity index (χ4v) is 3.26. The minimum absolute atomic E-state index is 0. The molecule has 1 aromatic heterocycles. The maximum Gasteiger partial charge on any atom is 0.416 e. The first-order chi connectivity index (χ1) is 9.49. The normalized spacial score (nSPS) is 21.4. The summed E-state index contributed by atoms with van der Waals surface area (Å²) in [4.78, 5) is 6.12. The monoisotopic (exact) mass is 321 g/mol. The second-order valence-corrected chi connectivity index (χ2v) is 5.82. The Morgan fingerprint density at radius 1 is 1.19 bits per heavy atom. The van der Waals surface area contributed by atoms with Crippen molar-refractivity contribution in [2.45, 2.75) is 25.4 Å². The fourth-order valence-electron chi connectivity index (χ4n) is 3.26. The van der Waals surface area contributed by atoms with Crippen LogP contribution in [0.15, 0.2) is 18.3 Å². The number of nitrogens with zero attached hydrogens (tertiary/aromatic N) is 2. The van der Waals surface area contributed by atoms with Crippen molar-refractivity contribution in [1.82, 2.24) is 10.3 Å². The van der Waals surface area contributed by atoms with Crippen LogP contribution in [0.3, 0.4) is 0 Å². The zero-order valence-corrected chi connectivity index (χ0v) is 12.4. The zero-order valence-electron chi connectivity index (χ0n) is 11.6. The lowest BCUT2D eigenvalue weighted by atomic mass is 9.78. The second-order valence-electron chi connectivity index (χ2n) is 5.82. The molecule has 0 amide bonds. The number of hydrogen-bond acceptors (Lipinski definition) is 3. The summed E-state index contributed by atoms with van der Waals surface area (Å²) in [6.45, 7) is 3.63. The molecule has 2 aliphatic heterocycles. The maximum atomic E-state index is 12.7. The molecule has 0 aliphatic carbocycles. The summed E-state index contributed by atoms with van der Waals surface area (Å²) in [7, 11) is 0. The van der Waals surface area contributed by atoms with E-state index in [0.717, 1.165) is 51.5 Å². The topological polar surface area (TPSA) is 28.2 Å². The van der Waals surface area contributed by atoms with E-state index in [1.165, 1.54) is 12.3 Å². The second kappa shape index (κ2) is 6.01. The van der Waals surface area contributed by atoms with Crippen molar-refractivity contribution in [3.63, 3.8) is 0 Å². The summed E-state index contributed by atoms with van der Waals surface area (Å²) in [6, 6.07) is 2.19. The van der Waals surface area contributed by atoms with E-state index < -0.39 is 11.7 Å². The summed E-state index contributed by atoms with van der Waals surface area (Å²) in [5.41, 5.74) is -0.352. The van der Waals surface area contributed by atoms with Crippen molar-refractivity contribution in [3.05, 3.63) is 23.9 Å². The Morgan fingerprint density at radius 3 is 2.57 bits per heavy atom. The van der Waals surface area contributed by atoms with Crippen molar-refractivity contribution < 1.29 is 13.2 Å². The zero-order chi connectivity index (χ0) is 14.2. The van der Waals surface area contributed by atoms with Gasteiger partial charge in [-0.05, 0) is 49.9 Å². The van der Waals surface area contributed by atoms with Gasteiger partial charge >= 0.3 is 6.18 Å². The molecule has 0 saturated carbocycles. The number of alkyl halides is 3. The largest absolute Gasteiger partial charge is 0.416 e. The van der Waals surface area contributed by atoms with Gasteiger partial charge in [0, 0.05) is 19.3 Å². The van der Waals surface area contributed by atoms with E-state index in [4.69, 9.17) is 0 Å². The van der Waals surface area contributed by atoms with Crippen LogP contribution in [0, 0.1) is 5.41 Å². The Labute approximate surface area is 128 Å². The smallest absolute Gasteiger partial charge is 0.356 e. The number of halogens is 4. The van der Waals surface area contributed by atoms with E-state index in [2.05, 4.69) is 10.3 Å². The summed E-state index contributed by atoms with van der Waals surface area (Å²) in [5, 5.41) is 3.34. The average molecular weight is 322 g/mol. The highest BCUT2D eigenvalue weighted by Crippen LogP contribution is 2.40. The van der Waals surface area contributed by atoms with Crippen LogP contribution in [0.2, 0.25) is 0 Å². The number of aromatic nitrogens is 1. The van der Waals surface area contributed by atoms with Crippen molar-refractivity contribution in [2.75, 3.05) is 31.1 Å². The number of rotatable bonds is 1. The Hall–Kier alpha value is -1.01. The van der Waals surface area contributed by atoms with Crippen LogP contribution in [0.25, 0.3) is 0 Å². The van der Waals surface area contributed by atoms with Gasteiger partial charge in [0.2, 0.25) is 0 Å². The molecule has 0 radical (unpaired) electrons. The van der Waals surface area contributed by atoms with E-state index in [0.29, 0.717) is 5.82 Å². The van der Waals surface area contributed by atoms with Crippen LogP contribution in [0.1, 0.15) is 24.8 Å². The highest BCUT2D eigenvalue weighted by molar-refractivity contribution is 5.85. The molecule has 0 atom stereocenters. The third kappa shape index (κ3) is 3.43. The van der Waals surface area contributed by atoms with E-state index in [1.54, 1.807) is 0 Å². The standard InChI is InChI=1S/C14H18F3N3.ClH/c15-14(16,17)11-1-5-19-12(9-11)20-8-4-13(10-20)2-6-18-7-3-13;/h1,5,9,18H,2-4,6-8,10H2;1H. The minimum Gasteiger partial charge on any atom is -0.356 e. The van der Waals surface area contributed by atoms with Crippen LogP contribution in [0.5, 0.6) is 0 Å². The molecular formula is C14H19ClF3N3. The molecule has 118 valence electrons. The van der Waals surface area contributed by atoms with Gasteiger partial charge in [-0.2, -0.15) is 13.2 Å². The molecule has 1 aromatic rings. The van der Waals surface area contributed by atoms with E-state index >= 15 is 0 Å². The van der Waals surface area contributed by atoms with Crippen LogP contribution in [-0.2, 0) is 6.18 Å². The predicted octanol–water partition coefficient (Wildman–Crippen LogP) is 3.10. The Morgan fingerprint density at radius 2 is 1.90 bits per heavy atom. The molecule has 3 heterocycles. The van der Waals surface area contributed by atoms with Crippen molar-refractivity contribution in [3.8, 4) is 0 Å². The molecule has 2 aliphatic rings. The first-order valence-electron chi connectivity index (χ1n) is 6.98. The fraction of sp³-hybridized carbons (Fsp3) is 0.643. The van der Waals surface area contributed by atoms with Gasteiger partial charge in [0.15, 0.2) is 0 Å². The van der Waals surface area contributed by atoms with Crippen molar-refractivity contribution in [1.29, 1.82) is 0 Å². The molecule has 2 saturated heterocycles. The van der Waals surface area contributed by atoms with Crippen LogP contribution >= 0.6 is 12.4 Å². The van der Waals surface area contributed by atoms with E-state index in [1.807, 2.05) is 4.90 Å². The summed E-state index contributed by atoms with van der Waals surface area (Å²) in [6.07, 6.45) is 0.201. The predicted molar refractivity (Wildman–Crippen MR) is 77.9 cm³/mol. The minimum atomic E-state index is -4.30. The third-order valence-corrected chi connectivity index (χ3v) is 4.50. The lowest BCUT2D eigenvalue weighted by molar-refractivity contribution is -0.137. The number of nitrogens with one attached hydrogen (secondary N) is 1. The highest BCUT2D eigenvalue weighted by atomic mass is 35.5. The van der Waals surface area contributed by atoms with Crippen LogP contribution in [0.4, 0.5) is 19.0 Å². The van der Waals surface area contributed by atoms with Crippen molar-refractivity contribution in [2.24, 2.45) is 5.41 Å². The summed E-state index contributed by atoms with van der Waals surface area (Å²) < 4.78 is 38.2. The van der Waals surface area contributed by atoms with Gasteiger partial charge < -0.3 is 10.2 Å². The Kier molecular flexibility index (Phi) is 4.68. The van der Waals surface area contributed by atoms with Gasteiger partial charge in [-0.3, -0.25) is 0 Å². The molecule has 0 aromatic carbocycles. The molecular weight excluding hydrogens is 303 g/mol. The van der Waals surface area contributed by atoms with Crippen LogP contribution < -0.4 is 10.2 Å². The molecule has 21 heavy (non-hydrogen) atoms. The number of pyridine rings is 1. The highest BCUT2D eigenvalue weighted by Gasteiger charge is 2.40. The SMILES string of the molecule is Cl.FC(F)(F)c1ccnc(N2CCC3(CCNCC3)C2)c1. The third-order valence-electron chi connectivity index (χ3n) is 4.50. The molecule has 0 unspecified atom stereocenters. The molecule has 1 spiro atoms. The maximum absolute atomic E-state index is 12.7. The molecule has 2 fully saturated rings. The molecule has 0 bridgehead atoms. The van der Waals surface area contributed by atoms with Crippen LogP contribution in [-0.4, -0.2) is 31.2 Å². The Balaban J connectivity index is 0.00000161. The first kappa shape index (κ1) is 16.4. The Bertz CT molecular complexity index is 487. The molecule has 7 heteroatoms. The van der Waals surface area contributed by atoms with Gasteiger partial charge in [0.1, 0.15) is 5.82 Å². The quantitative estimate of drug-likeness (QED) is 0.861. The summed E-state index contributed by atoms with van der Waals surface area (Å²) in [5.74, 6) is 0.454. The van der Waals surface area contributed by atoms with Gasteiger partial charge in [-0.15, -0.1) is 12.4 Å². The molecule has 3 rings (SSSR count). The van der Waals surface area contributed by atoms with Gasteiger partial charge in [-0.1, -0.05) is 0 Å². The first-order valence-corrected chi connectivity index (χ1v) is 6.98. The number of hydrogen-bond donors (Lipinski definition) is 1. The average Bonchev–Trinajstić information content (AvgIpc) is 2.83. The van der Waals surface area contributed by atoms with Gasteiger partial charge in [0.25, 0.3) is 0 Å². The van der Waals surface area contributed by atoms with Gasteiger partial charge in [0.05, 0.1) is 5.56 Å². The lowest BCUT2D eigenvalue weighted by Crippen LogP contribution is -2.38. The summed E-state index contributed by atoms with van der Waals surface area (Å²) >= 11 is 0. The molecule has 3 nitrogen and oxygen atoms in total. The number of anilines is 1. The van der Waals surface area contributed by atoms with Gasteiger partial charge in [-0.25, -0.2) is 4.98 Å². The van der Waals surface area contributed by atoms with E-state index in [-0.39, 0.29) is 17.8 Å². The van der Waals surface area contributed by atoms with Crippen molar-refractivity contribution >= 4 is 18.2 Å². The molecule has 1 N–H and O–H groups in total. The lowest BCUT2D eigenvalue weighted by Gasteiger charge is -2.33. The van der Waals surface area contributed by atoms with E-state index in [9.17, 15) is 13.2 Å². The number of piperidine rings is 1.